The van der Waals surface area contributed by atoms with Gasteiger partial charge in [0.15, 0.2) is 0 Å². The Labute approximate surface area is 209 Å². The second-order valence-corrected chi connectivity index (χ2v) is 8.39. The molecule has 0 bridgehead atoms. The normalized spacial score (nSPS) is 12.2. The number of aryl methyl sites for hydroxylation is 2. The number of aliphatic carboxylic acids is 1. The Kier molecular flexibility index (Phi) is 8.52. The van der Waals surface area contributed by atoms with Crippen molar-refractivity contribution in [3.05, 3.63) is 94.0 Å². The van der Waals surface area contributed by atoms with Crippen molar-refractivity contribution in [1.29, 1.82) is 0 Å². The van der Waals surface area contributed by atoms with Gasteiger partial charge in [0.2, 0.25) is 0 Å². The molecule has 1 amide bonds. The van der Waals surface area contributed by atoms with Crippen LogP contribution >= 0.6 is 0 Å². The molecule has 2 N–H and O–H groups in total. The van der Waals surface area contributed by atoms with Crippen LogP contribution in [0.3, 0.4) is 0 Å². The first-order valence-electron chi connectivity index (χ1n) is 11.4. The number of carbonyl (C=O) groups is 2. The van der Waals surface area contributed by atoms with Crippen LogP contribution in [0.5, 0.6) is 11.5 Å². The lowest BCUT2D eigenvalue weighted by atomic mass is 10.0. The van der Waals surface area contributed by atoms with Gasteiger partial charge in [-0.1, -0.05) is 13.0 Å². The zero-order chi connectivity index (χ0) is 27.3. The van der Waals surface area contributed by atoms with Crippen molar-refractivity contribution in [2.24, 2.45) is 0 Å². The number of alkyl halides is 3. The van der Waals surface area contributed by atoms with Crippen LogP contribution < -0.4 is 10.1 Å². The average Bonchev–Trinajstić information content (AvgIpc) is 2.81. The predicted octanol–water partition coefficient (Wildman–Crippen LogP) is 6.85. The maximum absolute atomic E-state index is 14.3. The monoisotopic (exact) mass is 521 g/mol. The van der Waals surface area contributed by atoms with Crippen LogP contribution in [-0.2, 0) is 23.8 Å². The smallest absolute Gasteiger partial charge is 0.416 e. The first kappa shape index (κ1) is 27.6. The molecule has 0 aliphatic heterocycles. The van der Waals surface area contributed by atoms with E-state index in [4.69, 9.17) is 9.84 Å². The molecule has 0 saturated carbocycles. The molecular formula is C27H24F5NO4. The second kappa shape index (κ2) is 11.4. The molecule has 0 unspecified atom stereocenters. The van der Waals surface area contributed by atoms with Crippen LogP contribution in [0.4, 0.5) is 22.0 Å². The summed E-state index contributed by atoms with van der Waals surface area (Å²) in [5.41, 5.74) is 0.230. The highest BCUT2D eigenvalue weighted by Crippen LogP contribution is 2.31. The summed E-state index contributed by atoms with van der Waals surface area (Å²) in [5, 5.41) is 11.4. The molecule has 5 nitrogen and oxygen atoms in total. The van der Waals surface area contributed by atoms with Crippen molar-refractivity contribution >= 4 is 11.9 Å². The molecule has 3 rings (SSSR count). The van der Waals surface area contributed by atoms with Gasteiger partial charge < -0.3 is 15.2 Å². The van der Waals surface area contributed by atoms with Crippen molar-refractivity contribution in [3.8, 4) is 11.5 Å². The van der Waals surface area contributed by atoms with E-state index in [1.807, 2.05) is 6.92 Å². The van der Waals surface area contributed by atoms with Gasteiger partial charge in [0.25, 0.3) is 5.91 Å². The zero-order valence-electron chi connectivity index (χ0n) is 20.0. The van der Waals surface area contributed by atoms with Crippen molar-refractivity contribution in [3.63, 3.8) is 0 Å². The molecule has 0 spiro atoms. The maximum atomic E-state index is 14.3. The van der Waals surface area contributed by atoms with Crippen LogP contribution in [0, 0.1) is 11.6 Å². The number of hydrogen-bond donors (Lipinski definition) is 2. The van der Waals surface area contributed by atoms with Crippen molar-refractivity contribution in [2.75, 3.05) is 0 Å². The van der Waals surface area contributed by atoms with E-state index in [2.05, 4.69) is 5.32 Å². The van der Waals surface area contributed by atoms with Crippen LogP contribution in [0.15, 0.2) is 54.6 Å². The molecule has 0 saturated heterocycles. The van der Waals surface area contributed by atoms with Gasteiger partial charge in [-0.2, -0.15) is 13.2 Å². The Morgan fingerprint density at radius 1 is 0.973 bits per heavy atom. The third kappa shape index (κ3) is 7.28. The van der Waals surface area contributed by atoms with Gasteiger partial charge in [-0.25, -0.2) is 8.78 Å². The lowest BCUT2D eigenvalue weighted by Crippen LogP contribution is -2.27. The maximum Gasteiger partial charge on any atom is 0.416 e. The Morgan fingerprint density at radius 3 is 2.32 bits per heavy atom. The van der Waals surface area contributed by atoms with Crippen LogP contribution in [0.25, 0.3) is 0 Å². The molecule has 0 radical (unpaired) electrons. The Bertz CT molecular complexity index is 1310. The fraction of sp³-hybridized carbons (Fsp3) is 0.259. The summed E-state index contributed by atoms with van der Waals surface area (Å²) < 4.78 is 72.6. The number of rotatable bonds is 9. The van der Waals surface area contributed by atoms with Gasteiger partial charge in [0.05, 0.1) is 17.2 Å². The standard InChI is InChI=1S/C27H24F5NO4/c1-3-16-11-21(7-4-17(16)5-9-25(34)35)37-22-12-18(10-20(28)14-22)15(2)33-26(36)23-8-6-19(13-24(23)29)27(30,31)32/h4,6-8,10-15H,3,5,9H2,1-2H3,(H,33,36)(H,34,35)/t15-/m1/s1. The van der Waals surface area contributed by atoms with Gasteiger partial charge in [0.1, 0.15) is 23.1 Å². The fourth-order valence-electron chi connectivity index (χ4n) is 3.74. The number of hydrogen-bond acceptors (Lipinski definition) is 3. The molecule has 3 aromatic rings. The summed E-state index contributed by atoms with van der Waals surface area (Å²) in [5.74, 6) is -3.34. The molecule has 0 aliphatic rings. The number of carboxylic acid groups (broad SMARTS) is 1. The number of halogens is 5. The van der Waals surface area contributed by atoms with Crippen LogP contribution in [0.2, 0.25) is 0 Å². The Balaban J connectivity index is 1.76. The highest BCUT2D eigenvalue weighted by molar-refractivity contribution is 5.94. The summed E-state index contributed by atoms with van der Waals surface area (Å²) in [6.45, 7) is 3.42. The van der Waals surface area contributed by atoms with Crippen molar-refractivity contribution in [1.82, 2.24) is 5.32 Å². The second-order valence-electron chi connectivity index (χ2n) is 8.39. The average molecular weight is 521 g/mol. The summed E-state index contributed by atoms with van der Waals surface area (Å²) in [6, 6.07) is 9.63. The molecule has 0 aromatic heterocycles. The van der Waals surface area contributed by atoms with Crippen LogP contribution in [-0.4, -0.2) is 17.0 Å². The number of nitrogens with one attached hydrogen (secondary N) is 1. The summed E-state index contributed by atoms with van der Waals surface area (Å²) >= 11 is 0. The van der Waals surface area contributed by atoms with Gasteiger partial charge in [-0.05, 0) is 78.9 Å². The third-order valence-corrected chi connectivity index (χ3v) is 5.68. The van der Waals surface area contributed by atoms with E-state index in [1.54, 1.807) is 18.2 Å². The first-order valence-corrected chi connectivity index (χ1v) is 11.4. The molecule has 0 aliphatic carbocycles. The van der Waals surface area contributed by atoms with E-state index in [9.17, 15) is 31.5 Å². The minimum absolute atomic E-state index is 0.0135. The molecule has 3 aromatic carbocycles. The topological polar surface area (TPSA) is 75.6 Å². The van der Waals surface area contributed by atoms with Gasteiger partial charge >= 0.3 is 12.1 Å². The molecule has 0 fully saturated rings. The summed E-state index contributed by atoms with van der Waals surface area (Å²) in [4.78, 5) is 23.3. The number of amides is 1. The summed E-state index contributed by atoms with van der Waals surface area (Å²) in [7, 11) is 0. The number of carbonyl (C=O) groups excluding carboxylic acids is 1. The molecule has 37 heavy (non-hydrogen) atoms. The minimum Gasteiger partial charge on any atom is -0.481 e. The van der Waals surface area contributed by atoms with E-state index in [0.29, 0.717) is 24.7 Å². The number of benzene rings is 3. The van der Waals surface area contributed by atoms with E-state index in [-0.39, 0.29) is 23.8 Å². The molecule has 10 heteroatoms. The molecule has 1 atom stereocenters. The first-order chi connectivity index (χ1) is 17.4. The molecule has 196 valence electrons. The fourth-order valence-corrected chi connectivity index (χ4v) is 3.74. The lowest BCUT2D eigenvalue weighted by Gasteiger charge is -2.17. The quantitative estimate of drug-likeness (QED) is 0.302. The van der Waals surface area contributed by atoms with E-state index < -0.39 is 46.9 Å². The van der Waals surface area contributed by atoms with E-state index in [1.165, 1.54) is 13.0 Å². The lowest BCUT2D eigenvalue weighted by molar-refractivity contribution is -0.138. The van der Waals surface area contributed by atoms with E-state index in [0.717, 1.165) is 29.3 Å². The number of carboxylic acids is 1. The SMILES string of the molecule is CCc1cc(Oc2cc(F)cc([C@@H](C)NC(=O)c3ccc(C(F)(F)F)cc3F)c2)ccc1CCC(=O)O. The zero-order valence-corrected chi connectivity index (χ0v) is 20.0. The number of ether oxygens (including phenoxy) is 1. The minimum atomic E-state index is -4.75. The molecule has 0 heterocycles. The van der Waals surface area contributed by atoms with Gasteiger partial charge in [-0.3, -0.25) is 9.59 Å². The largest absolute Gasteiger partial charge is 0.481 e. The van der Waals surface area contributed by atoms with Crippen LogP contribution in [0.1, 0.15) is 58.9 Å². The van der Waals surface area contributed by atoms with Crippen molar-refractivity contribution in [2.45, 2.75) is 45.3 Å². The highest BCUT2D eigenvalue weighted by Gasteiger charge is 2.31. The Hall–Kier alpha value is -3.95. The third-order valence-electron chi connectivity index (χ3n) is 5.68. The van der Waals surface area contributed by atoms with E-state index >= 15 is 0 Å². The van der Waals surface area contributed by atoms with Gasteiger partial charge in [0, 0.05) is 12.5 Å². The predicted molar refractivity (Wildman–Crippen MR) is 126 cm³/mol. The molecular weight excluding hydrogens is 497 g/mol. The van der Waals surface area contributed by atoms with Gasteiger partial charge in [-0.15, -0.1) is 0 Å². The highest BCUT2D eigenvalue weighted by atomic mass is 19.4. The van der Waals surface area contributed by atoms with Crippen molar-refractivity contribution < 1.29 is 41.4 Å². The summed E-state index contributed by atoms with van der Waals surface area (Å²) in [6.07, 6.45) is -3.78. The Morgan fingerprint density at radius 2 is 1.70 bits per heavy atom.